The van der Waals surface area contributed by atoms with E-state index in [0.717, 1.165) is 27.6 Å². The Hall–Kier alpha value is -3.30. The molecule has 2 heterocycles. The average molecular weight is 333 g/mol. The third-order valence-electron chi connectivity index (χ3n) is 4.28. The SMILES string of the molecule is Cn1c(=O)oc2ccc(-c3ccc4cc(CC(N)C#N)oc4c3)cc21. The number of nitrogens with zero attached hydrogens (tertiary/aromatic N) is 2. The summed E-state index contributed by atoms with van der Waals surface area (Å²) < 4.78 is 12.5. The molecule has 0 aliphatic rings. The zero-order valence-corrected chi connectivity index (χ0v) is 13.5. The number of aryl methyl sites for hydroxylation is 1. The minimum Gasteiger partial charge on any atom is -0.461 e. The second-order valence-corrected chi connectivity index (χ2v) is 6.01. The van der Waals surface area contributed by atoms with Gasteiger partial charge in [0, 0.05) is 18.9 Å². The van der Waals surface area contributed by atoms with E-state index in [2.05, 4.69) is 0 Å². The molecule has 6 heteroatoms. The lowest BCUT2D eigenvalue weighted by molar-refractivity contribution is 0.528. The van der Waals surface area contributed by atoms with E-state index >= 15 is 0 Å². The summed E-state index contributed by atoms with van der Waals surface area (Å²) in [5.74, 6) is 0.306. The molecule has 0 saturated carbocycles. The van der Waals surface area contributed by atoms with Gasteiger partial charge in [-0.2, -0.15) is 5.26 Å². The molecule has 0 bridgehead atoms. The van der Waals surface area contributed by atoms with E-state index in [4.69, 9.17) is 19.8 Å². The molecular formula is C19H15N3O3. The number of aromatic nitrogens is 1. The molecule has 0 aliphatic carbocycles. The highest BCUT2D eigenvalue weighted by atomic mass is 16.4. The molecule has 0 aliphatic heterocycles. The van der Waals surface area contributed by atoms with Crippen LogP contribution in [0.4, 0.5) is 0 Å². The van der Waals surface area contributed by atoms with Crippen LogP contribution in [-0.2, 0) is 13.5 Å². The number of benzene rings is 2. The first kappa shape index (κ1) is 15.2. The maximum absolute atomic E-state index is 11.6. The zero-order valence-electron chi connectivity index (χ0n) is 13.5. The van der Waals surface area contributed by atoms with Crippen molar-refractivity contribution in [3.05, 3.63) is 58.8 Å². The summed E-state index contributed by atoms with van der Waals surface area (Å²) in [5.41, 5.74) is 9.61. The normalized spacial score (nSPS) is 12.5. The number of hydrogen-bond donors (Lipinski definition) is 1. The van der Waals surface area contributed by atoms with Crippen molar-refractivity contribution in [1.29, 1.82) is 5.26 Å². The topological polar surface area (TPSA) is 98.1 Å². The van der Waals surface area contributed by atoms with Gasteiger partial charge in [-0.3, -0.25) is 4.57 Å². The Bertz CT molecular complexity index is 1190. The van der Waals surface area contributed by atoms with Crippen LogP contribution in [0.3, 0.4) is 0 Å². The quantitative estimate of drug-likeness (QED) is 0.621. The Morgan fingerprint density at radius 2 is 1.88 bits per heavy atom. The fraction of sp³-hybridized carbons (Fsp3) is 0.158. The third kappa shape index (κ3) is 2.61. The van der Waals surface area contributed by atoms with Crippen molar-refractivity contribution in [3.63, 3.8) is 0 Å². The minimum absolute atomic E-state index is 0.379. The van der Waals surface area contributed by atoms with Gasteiger partial charge >= 0.3 is 5.76 Å². The standard InChI is InChI=1S/C19H15N3O3/c1-22-16-7-11(4-5-17(16)25-19(22)23)12-2-3-13-6-15(9-14(21)10-20)24-18(13)8-12/h2-8,14H,9,21H2,1H3. The maximum Gasteiger partial charge on any atom is 0.419 e. The summed E-state index contributed by atoms with van der Waals surface area (Å²) in [6.07, 6.45) is 0.379. The van der Waals surface area contributed by atoms with Crippen molar-refractivity contribution in [2.24, 2.45) is 12.8 Å². The number of rotatable bonds is 3. The average Bonchev–Trinajstić information content (AvgIpc) is 3.14. The van der Waals surface area contributed by atoms with Gasteiger partial charge in [0.1, 0.15) is 11.3 Å². The molecule has 2 N–H and O–H groups in total. The van der Waals surface area contributed by atoms with Crippen LogP contribution < -0.4 is 11.5 Å². The molecule has 2 aromatic carbocycles. The van der Waals surface area contributed by atoms with Crippen molar-refractivity contribution < 1.29 is 8.83 Å². The highest BCUT2D eigenvalue weighted by molar-refractivity contribution is 5.86. The third-order valence-corrected chi connectivity index (χ3v) is 4.28. The molecule has 25 heavy (non-hydrogen) atoms. The largest absolute Gasteiger partial charge is 0.461 e. The minimum atomic E-state index is -0.579. The molecule has 0 fully saturated rings. The van der Waals surface area contributed by atoms with Gasteiger partial charge in [0.2, 0.25) is 0 Å². The maximum atomic E-state index is 11.6. The second-order valence-electron chi connectivity index (χ2n) is 6.01. The first-order valence-electron chi connectivity index (χ1n) is 7.83. The Kier molecular flexibility index (Phi) is 3.45. The van der Waals surface area contributed by atoms with Gasteiger partial charge in [0.25, 0.3) is 0 Å². The summed E-state index contributed by atoms with van der Waals surface area (Å²) in [7, 11) is 1.68. The second kappa shape index (κ2) is 5.65. The van der Waals surface area contributed by atoms with E-state index in [9.17, 15) is 4.79 Å². The highest BCUT2D eigenvalue weighted by Gasteiger charge is 2.11. The van der Waals surface area contributed by atoms with Gasteiger partial charge in [0.15, 0.2) is 5.58 Å². The summed E-state index contributed by atoms with van der Waals surface area (Å²) in [6, 6.07) is 14.8. The van der Waals surface area contributed by atoms with Crippen LogP contribution >= 0.6 is 0 Å². The molecule has 6 nitrogen and oxygen atoms in total. The van der Waals surface area contributed by atoms with Crippen LogP contribution in [0.2, 0.25) is 0 Å². The van der Waals surface area contributed by atoms with Gasteiger partial charge < -0.3 is 14.6 Å². The summed E-state index contributed by atoms with van der Waals surface area (Å²) in [6.45, 7) is 0. The van der Waals surface area contributed by atoms with Crippen molar-refractivity contribution in [2.75, 3.05) is 0 Å². The number of nitriles is 1. The molecule has 4 aromatic rings. The van der Waals surface area contributed by atoms with Crippen molar-refractivity contribution in [3.8, 4) is 17.2 Å². The highest BCUT2D eigenvalue weighted by Crippen LogP contribution is 2.29. The van der Waals surface area contributed by atoms with E-state index < -0.39 is 6.04 Å². The molecule has 0 saturated heterocycles. The summed E-state index contributed by atoms with van der Waals surface area (Å²) >= 11 is 0. The van der Waals surface area contributed by atoms with Crippen LogP contribution in [0.15, 0.2) is 56.1 Å². The van der Waals surface area contributed by atoms with Gasteiger partial charge in [-0.1, -0.05) is 18.2 Å². The fourth-order valence-corrected chi connectivity index (χ4v) is 2.93. The number of fused-ring (bicyclic) bond motifs is 2. The van der Waals surface area contributed by atoms with Gasteiger partial charge in [-0.25, -0.2) is 4.79 Å². The lowest BCUT2D eigenvalue weighted by Gasteiger charge is -2.02. The monoisotopic (exact) mass is 333 g/mol. The predicted molar refractivity (Wildman–Crippen MR) is 94.0 cm³/mol. The molecule has 0 spiro atoms. The molecule has 124 valence electrons. The number of hydrogen-bond acceptors (Lipinski definition) is 5. The molecule has 1 unspecified atom stereocenters. The molecule has 0 radical (unpaired) electrons. The van der Waals surface area contributed by atoms with Crippen molar-refractivity contribution in [2.45, 2.75) is 12.5 Å². The van der Waals surface area contributed by atoms with E-state index in [1.807, 2.05) is 42.5 Å². The van der Waals surface area contributed by atoms with Crippen molar-refractivity contribution in [1.82, 2.24) is 4.57 Å². The van der Waals surface area contributed by atoms with E-state index in [1.54, 1.807) is 13.1 Å². The predicted octanol–water partition coefficient (Wildman–Crippen LogP) is 2.94. The summed E-state index contributed by atoms with van der Waals surface area (Å²) in [4.78, 5) is 11.6. The Morgan fingerprint density at radius 3 is 2.68 bits per heavy atom. The number of furan rings is 1. The number of nitrogens with two attached hydrogens (primary N) is 1. The lowest BCUT2D eigenvalue weighted by Crippen LogP contribution is -2.19. The lowest BCUT2D eigenvalue weighted by atomic mass is 10.0. The molecule has 2 aromatic heterocycles. The Labute approximate surface area is 142 Å². The van der Waals surface area contributed by atoms with Crippen LogP contribution in [0.5, 0.6) is 0 Å². The summed E-state index contributed by atoms with van der Waals surface area (Å²) in [5, 5.41) is 9.78. The molecule has 1 atom stereocenters. The van der Waals surface area contributed by atoms with E-state index in [-0.39, 0.29) is 5.76 Å². The zero-order chi connectivity index (χ0) is 17.6. The Morgan fingerprint density at radius 1 is 1.12 bits per heavy atom. The molecule has 0 amide bonds. The molecule has 4 rings (SSSR count). The smallest absolute Gasteiger partial charge is 0.419 e. The Balaban J connectivity index is 1.77. The van der Waals surface area contributed by atoms with E-state index in [1.165, 1.54) is 4.57 Å². The molecular weight excluding hydrogens is 318 g/mol. The van der Waals surface area contributed by atoms with Gasteiger partial charge in [-0.05, 0) is 35.4 Å². The number of oxazole rings is 1. The van der Waals surface area contributed by atoms with Crippen LogP contribution in [0, 0.1) is 11.3 Å². The fourth-order valence-electron chi connectivity index (χ4n) is 2.93. The van der Waals surface area contributed by atoms with Crippen molar-refractivity contribution >= 4 is 22.1 Å². The van der Waals surface area contributed by atoms with Crippen LogP contribution in [0.25, 0.3) is 33.2 Å². The van der Waals surface area contributed by atoms with Gasteiger partial charge in [-0.15, -0.1) is 0 Å². The first-order chi connectivity index (χ1) is 12.0. The van der Waals surface area contributed by atoms with E-state index in [0.29, 0.717) is 17.8 Å². The first-order valence-corrected chi connectivity index (χ1v) is 7.83. The van der Waals surface area contributed by atoms with Crippen LogP contribution in [-0.4, -0.2) is 10.6 Å². The van der Waals surface area contributed by atoms with Gasteiger partial charge in [0.05, 0.1) is 17.6 Å². The van der Waals surface area contributed by atoms with Crippen LogP contribution in [0.1, 0.15) is 5.76 Å².